The third kappa shape index (κ3) is 4.83. The van der Waals surface area contributed by atoms with Gasteiger partial charge in [-0.3, -0.25) is 0 Å². The van der Waals surface area contributed by atoms with Crippen LogP contribution >= 0.6 is 11.6 Å². The minimum atomic E-state index is -1.08. The number of aromatic carboxylic acids is 1. The predicted octanol–water partition coefficient (Wildman–Crippen LogP) is 4.76. The lowest BCUT2D eigenvalue weighted by Crippen LogP contribution is -2.21. The summed E-state index contributed by atoms with van der Waals surface area (Å²) in [6, 6.07) is 16.4. The molecule has 1 fully saturated rings. The van der Waals surface area contributed by atoms with Crippen LogP contribution in [0.5, 0.6) is 5.75 Å². The van der Waals surface area contributed by atoms with E-state index in [1.54, 1.807) is 22.9 Å². The molecule has 3 aromatic rings. The van der Waals surface area contributed by atoms with E-state index in [0.29, 0.717) is 23.0 Å². The highest BCUT2D eigenvalue weighted by Crippen LogP contribution is 2.28. The van der Waals surface area contributed by atoms with Gasteiger partial charge in [-0.1, -0.05) is 29.8 Å². The van der Waals surface area contributed by atoms with Crippen molar-refractivity contribution >= 4 is 17.6 Å². The van der Waals surface area contributed by atoms with Crippen molar-refractivity contribution in [1.29, 1.82) is 0 Å². The molecule has 1 aliphatic rings. The SMILES string of the molecule is O=C(O)c1cc(-c2cccc(OCCCN3CCCC3)c2)n(-c2cccc(Cl)c2)n1. The van der Waals surface area contributed by atoms with Gasteiger partial charge in [0, 0.05) is 17.1 Å². The van der Waals surface area contributed by atoms with Gasteiger partial charge in [-0.25, -0.2) is 9.48 Å². The molecule has 1 saturated heterocycles. The molecule has 0 unspecified atom stereocenters. The summed E-state index contributed by atoms with van der Waals surface area (Å²) in [7, 11) is 0. The fraction of sp³-hybridized carbons (Fsp3) is 0.304. The zero-order valence-electron chi connectivity index (χ0n) is 16.6. The van der Waals surface area contributed by atoms with Crippen molar-refractivity contribution in [3.8, 4) is 22.7 Å². The summed E-state index contributed by atoms with van der Waals surface area (Å²) in [5.74, 6) is -0.323. The van der Waals surface area contributed by atoms with Gasteiger partial charge in [-0.05, 0) is 68.8 Å². The van der Waals surface area contributed by atoms with E-state index >= 15 is 0 Å². The summed E-state index contributed by atoms with van der Waals surface area (Å²) >= 11 is 6.12. The molecule has 0 saturated carbocycles. The fourth-order valence-electron chi connectivity index (χ4n) is 3.73. The van der Waals surface area contributed by atoms with Crippen LogP contribution in [0.4, 0.5) is 0 Å². The van der Waals surface area contributed by atoms with Crippen LogP contribution in [-0.2, 0) is 0 Å². The Balaban J connectivity index is 1.54. The average molecular weight is 426 g/mol. The summed E-state index contributed by atoms with van der Waals surface area (Å²) < 4.78 is 7.55. The molecular formula is C23H24ClN3O3. The van der Waals surface area contributed by atoms with Crippen LogP contribution in [0, 0.1) is 0 Å². The van der Waals surface area contributed by atoms with Crippen molar-refractivity contribution in [3.05, 3.63) is 65.3 Å². The van der Waals surface area contributed by atoms with Gasteiger partial charge in [0.05, 0.1) is 18.0 Å². The quantitative estimate of drug-likeness (QED) is 0.527. The first-order chi connectivity index (χ1) is 14.6. The standard InChI is InChI=1S/C23H24ClN3O3/c24-18-7-4-8-19(15-18)27-22(16-21(25-27)23(28)29)17-6-3-9-20(14-17)30-13-5-12-26-10-1-2-11-26/h3-4,6-9,14-16H,1-2,5,10-13H2,(H,28,29). The minimum Gasteiger partial charge on any atom is -0.494 e. The number of carbonyl (C=O) groups is 1. The van der Waals surface area contributed by atoms with Crippen molar-refractivity contribution < 1.29 is 14.6 Å². The lowest BCUT2D eigenvalue weighted by atomic mass is 10.1. The molecule has 0 aliphatic carbocycles. The second-order valence-electron chi connectivity index (χ2n) is 7.39. The van der Waals surface area contributed by atoms with Crippen LogP contribution in [0.1, 0.15) is 29.8 Å². The molecule has 4 rings (SSSR count). The number of ether oxygens (including phenoxy) is 1. The Hall–Kier alpha value is -2.83. The van der Waals surface area contributed by atoms with Crippen LogP contribution in [0.25, 0.3) is 16.9 Å². The Morgan fingerprint density at radius 2 is 1.90 bits per heavy atom. The van der Waals surface area contributed by atoms with Crippen LogP contribution in [0.2, 0.25) is 5.02 Å². The van der Waals surface area contributed by atoms with E-state index in [4.69, 9.17) is 16.3 Å². The molecule has 7 heteroatoms. The summed E-state index contributed by atoms with van der Waals surface area (Å²) in [6.07, 6.45) is 3.57. The number of hydrogen-bond acceptors (Lipinski definition) is 4. The molecular weight excluding hydrogens is 402 g/mol. The van der Waals surface area contributed by atoms with Gasteiger partial charge in [-0.2, -0.15) is 5.10 Å². The first-order valence-electron chi connectivity index (χ1n) is 10.1. The number of rotatable bonds is 8. The van der Waals surface area contributed by atoms with E-state index in [1.807, 2.05) is 36.4 Å². The molecule has 1 aromatic heterocycles. The summed E-state index contributed by atoms with van der Waals surface area (Å²) in [5.41, 5.74) is 2.16. The molecule has 0 spiro atoms. The normalized spacial score (nSPS) is 14.2. The van der Waals surface area contributed by atoms with Crippen molar-refractivity contribution in [1.82, 2.24) is 14.7 Å². The summed E-state index contributed by atoms with van der Waals surface area (Å²) in [6.45, 7) is 4.08. The number of carboxylic acids is 1. The first kappa shape index (κ1) is 20.4. The number of aromatic nitrogens is 2. The molecule has 0 atom stereocenters. The van der Waals surface area contributed by atoms with Crippen LogP contribution in [0.3, 0.4) is 0 Å². The van der Waals surface area contributed by atoms with Gasteiger partial charge in [-0.15, -0.1) is 0 Å². The van der Waals surface area contributed by atoms with E-state index in [9.17, 15) is 9.90 Å². The molecule has 0 amide bonds. The second-order valence-corrected chi connectivity index (χ2v) is 7.83. The molecule has 30 heavy (non-hydrogen) atoms. The maximum absolute atomic E-state index is 11.5. The minimum absolute atomic E-state index is 0.0260. The zero-order valence-corrected chi connectivity index (χ0v) is 17.4. The van der Waals surface area contributed by atoms with Gasteiger partial charge < -0.3 is 14.7 Å². The monoisotopic (exact) mass is 425 g/mol. The van der Waals surface area contributed by atoms with Crippen LogP contribution in [0.15, 0.2) is 54.6 Å². The van der Waals surface area contributed by atoms with Gasteiger partial charge in [0.25, 0.3) is 0 Å². The van der Waals surface area contributed by atoms with E-state index in [-0.39, 0.29) is 5.69 Å². The molecule has 2 heterocycles. The van der Waals surface area contributed by atoms with E-state index in [0.717, 1.165) is 24.3 Å². The number of likely N-dealkylation sites (tertiary alicyclic amines) is 1. The van der Waals surface area contributed by atoms with Crippen molar-refractivity contribution in [2.75, 3.05) is 26.2 Å². The van der Waals surface area contributed by atoms with E-state index < -0.39 is 5.97 Å². The number of nitrogens with zero attached hydrogens (tertiary/aromatic N) is 3. The lowest BCUT2D eigenvalue weighted by Gasteiger charge is -2.14. The van der Waals surface area contributed by atoms with Crippen molar-refractivity contribution in [2.45, 2.75) is 19.3 Å². The maximum atomic E-state index is 11.5. The Morgan fingerprint density at radius 1 is 1.10 bits per heavy atom. The van der Waals surface area contributed by atoms with Crippen LogP contribution < -0.4 is 4.74 Å². The smallest absolute Gasteiger partial charge is 0.356 e. The van der Waals surface area contributed by atoms with E-state index in [1.165, 1.54) is 25.9 Å². The highest BCUT2D eigenvalue weighted by molar-refractivity contribution is 6.30. The summed E-state index contributed by atoms with van der Waals surface area (Å²) in [5, 5.41) is 14.2. The first-order valence-corrected chi connectivity index (χ1v) is 10.5. The third-order valence-corrected chi connectivity index (χ3v) is 5.43. The molecule has 156 valence electrons. The molecule has 0 radical (unpaired) electrons. The van der Waals surface area contributed by atoms with E-state index in [2.05, 4.69) is 10.00 Å². The van der Waals surface area contributed by atoms with Crippen molar-refractivity contribution in [3.63, 3.8) is 0 Å². The molecule has 1 aliphatic heterocycles. The largest absolute Gasteiger partial charge is 0.494 e. The predicted molar refractivity (Wildman–Crippen MR) is 117 cm³/mol. The van der Waals surface area contributed by atoms with Gasteiger partial charge in [0.2, 0.25) is 0 Å². The lowest BCUT2D eigenvalue weighted by molar-refractivity contribution is 0.0690. The molecule has 0 bridgehead atoms. The highest BCUT2D eigenvalue weighted by atomic mass is 35.5. The fourth-order valence-corrected chi connectivity index (χ4v) is 3.91. The summed E-state index contributed by atoms with van der Waals surface area (Å²) in [4.78, 5) is 14.0. The molecule has 1 N–H and O–H groups in total. The molecule has 2 aromatic carbocycles. The Kier molecular flexibility index (Phi) is 6.35. The maximum Gasteiger partial charge on any atom is 0.356 e. The number of hydrogen-bond donors (Lipinski definition) is 1. The third-order valence-electron chi connectivity index (χ3n) is 5.20. The number of carboxylic acid groups (broad SMARTS) is 1. The van der Waals surface area contributed by atoms with Crippen molar-refractivity contribution in [2.24, 2.45) is 0 Å². The number of benzene rings is 2. The Labute approximate surface area is 180 Å². The Morgan fingerprint density at radius 3 is 2.67 bits per heavy atom. The second kappa shape index (κ2) is 9.32. The Bertz CT molecular complexity index is 1030. The average Bonchev–Trinajstić information content (AvgIpc) is 3.42. The van der Waals surface area contributed by atoms with Crippen LogP contribution in [-0.4, -0.2) is 52.0 Å². The zero-order chi connectivity index (χ0) is 20.9. The topological polar surface area (TPSA) is 67.6 Å². The van der Waals surface area contributed by atoms with Gasteiger partial charge in [0.15, 0.2) is 5.69 Å². The van der Waals surface area contributed by atoms with Gasteiger partial charge >= 0.3 is 5.97 Å². The highest BCUT2D eigenvalue weighted by Gasteiger charge is 2.17. The number of halogens is 1. The van der Waals surface area contributed by atoms with Gasteiger partial charge in [0.1, 0.15) is 5.75 Å². The molecule has 6 nitrogen and oxygen atoms in total.